The molecule has 1 aromatic rings. The lowest BCUT2D eigenvalue weighted by atomic mass is 10.3. The average molecular weight is 256 g/mol. The van der Waals surface area contributed by atoms with Gasteiger partial charge in [-0.3, -0.25) is 4.79 Å². The molecular formula is C11H20N4OS. The van der Waals surface area contributed by atoms with E-state index in [0.717, 1.165) is 18.0 Å². The van der Waals surface area contributed by atoms with Gasteiger partial charge in [-0.05, 0) is 27.9 Å². The molecule has 5 nitrogen and oxygen atoms in total. The van der Waals surface area contributed by atoms with Crippen molar-refractivity contribution in [1.29, 1.82) is 0 Å². The summed E-state index contributed by atoms with van der Waals surface area (Å²) in [6, 6.07) is -0.209. The van der Waals surface area contributed by atoms with Gasteiger partial charge >= 0.3 is 0 Å². The molecule has 0 bridgehead atoms. The van der Waals surface area contributed by atoms with Gasteiger partial charge in [-0.25, -0.2) is 4.98 Å². The van der Waals surface area contributed by atoms with Gasteiger partial charge in [0.15, 0.2) is 5.13 Å². The molecule has 1 amide bonds. The third-order valence-electron chi connectivity index (χ3n) is 2.25. The minimum Gasteiger partial charge on any atom is -0.308 e. The van der Waals surface area contributed by atoms with Crippen LogP contribution in [0.3, 0.4) is 0 Å². The number of hydrogen-bond donors (Lipinski definition) is 2. The van der Waals surface area contributed by atoms with Gasteiger partial charge in [0.25, 0.3) is 0 Å². The quantitative estimate of drug-likeness (QED) is 0.795. The van der Waals surface area contributed by atoms with Crippen molar-refractivity contribution in [2.45, 2.75) is 19.9 Å². The Kier molecular flexibility index (Phi) is 5.54. The van der Waals surface area contributed by atoms with Crippen LogP contribution in [0.1, 0.15) is 11.8 Å². The summed E-state index contributed by atoms with van der Waals surface area (Å²) in [7, 11) is 4.01. The first-order valence-corrected chi connectivity index (χ1v) is 6.42. The Bertz CT molecular complexity index is 364. The number of aryl methyl sites for hydroxylation is 1. The minimum atomic E-state index is -0.209. The second-order valence-electron chi connectivity index (χ2n) is 4.24. The van der Waals surface area contributed by atoms with E-state index in [1.54, 1.807) is 6.20 Å². The van der Waals surface area contributed by atoms with Crippen LogP contribution in [0.15, 0.2) is 6.20 Å². The standard InChI is InChI=1S/C11H20N4OS/c1-8-7-13-11(17-8)14-10(16)9(2)12-5-6-15(3)4/h7,9,12H,5-6H2,1-4H3,(H,13,14,16). The molecule has 0 aliphatic rings. The lowest BCUT2D eigenvalue weighted by molar-refractivity contribution is -0.117. The molecule has 17 heavy (non-hydrogen) atoms. The van der Waals surface area contributed by atoms with Gasteiger partial charge in [-0.1, -0.05) is 0 Å². The van der Waals surface area contributed by atoms with Crippen molar-refractivity contribution in [3.8, 4) is 0 Å². The summed E-state index contributed by atoms with van der Waals surface area (Å²) in [5, 5.41) is 6.62. The number of nitrogens with one attached hydrogen (secondary N) is 2. The molecule has 0 spiro atoms. The minimum absolute atomic E-state index is 0.0434. The van der Waals surface area contributed by atoms with Crippen LogP contribution < -0.4 is 10.6 Å². The third-order valence-corrected chi connectivity index (χ3v) is 3.08. The maximum Gasteiger partial charge on any atom is 0.243 e. The maximum atomic E-state index is 11.8. The van der Waals surface area contributed by atoms with Crippen molar-refractivity contribution in [3.05, 3.63) is 11.1 Å². The van der Waals surface area contributed by atoms with Crippen LogP contribution in [-0.2, 0) is 4.79 Å². The lowest BCUT2D eigenvalue weighted by Gasteiger charge is -2.15. The highest BCUT2D eigenvalue weighted by Crippen LogP contribution is 2.16. The molecule has 1 heterocycles. The summed E-state index contributed by atoms with van der Waals surface area (Å²) in [5.74, 6) is -0.0434. The molecule has 0 aliphatic heterocycles. The molecule has 1 atom stereocenters. The van der Waals surface area contributed by atoms with E-state index in [-0.39, 0.29) is 11.9 Å². The van der Waals surface area contributed by atoms with E-state index in [0.29, 0.717) is 5.13 Å². The average Bonchev–Trinajstić information content (AvgIpc) is 2.63. The fourth-order valence-electron chi connectivity index (χ4n) is 1.22. The molecule has 1 rings (SSSR count). The van der Waals surface area contributed by atoms with E-state index in [2.05, 4.69) is 20.5 Å². The smallest absolute Gasteiger partial charge is 0.243 e. The number of carbonyl (C=O) groups excluding carboxylic acids is 1. The number of carbonyl (C=O) groups is 1. The number of anilines is 1. The molecule has 0 aliphatic carbocycles. The van der Waals surface area contributed by atoms with Crippen LogP contribution in [0, 0.1) is 6.92 Å². The number of aromatic nitrogens is 1. The van der Waals surface area contributed by atoms with Crippen molar-refractivity contribution in [2.24, 2.45) is 0 Å². The molecule has 0 aromatic carbocycles. The predicted molar refractivity (Wildman–Crippen MR) is 71.5 cm³/mol. The van der Waals surface area contributed by atoms with Crippen molar-refractivity contribution in [1.82, 2.24) is 15.2 Å². The van der Waals surface area contributed by atoms with Crippen LogP contribution in [0.5, 0.6) is 0 Å². The van der Waals surface area contributed by atoms with E-state index in [1.165, 1.54) is 11.3 Å². The van der Waals surface area contributed by atoms with Crippen LogP contribution in [0.4, 0.5) is 5.13 Å². The fourth-order valence-corrected chi connectivity index (χ4v) is 1.89. The van der Waals surface area contributed by atoms with Crippen molar-refractivity contribution >= 4 is 22.4 Å². The molecule has 1 unspecified atom stereocenters. The highest BCUT2D eigenvalue weighted by Gasteiger charge is 2.13. The van der Waals surface area contributed by atoms with Gasteiger partial charge in [-0.2, -0.15) is 0 Å². The largest absolute Gasteiger partial charge is 0.308 e. The van der Waals surface area contributed by atoms with E-state index >= 15 is 0 Å². The summed E-state index contributed by atoms with van der Waals surface area (Å²) in [4.78, 5) is 19.0. The molecule has 0 radical (unpaired) electrons. The monoisotopic (exact) mass is 256 g/mol. The van der Waals surface area contributed by atoms with Crippen molar-refractivity contribution in [2.75, 3.05) is 32.5 Å². The zero-order valence-electron chi connectivity index (χ0n) is 10.8. The fraction of sp³-hybridized carbons (Fsp3) is 0.636. The Morgan fingerprint density at radius 2 is 2.29 bits per heavy atom. The van der Waals surface area contributed by atoms with Crippen LogP contribution in [0.2, 0.25) is 0 Å². The predicted octanol–water partition coefficient (Wildman–Crippen LogP) is 0.930. The summed E-state index contributed by atoms with van der Waals surface area (Å²) < 4.78 is 0. The second kappa shape index (κ2) is 6.68. The summed E-state index contributed by atoms with van der Waals surface area (Å²) in [6.07, 6.45) is 1.75. The normalized spacial score (nSPS) is 12.8. The summed E-state index contributed by atoms with van der Waals surface area (Å²) >= 11 is 1.48. The number of thiazole rings is 1. The van der Waals surface area contributed by atoms with Crippen LogP contribution in [0.25, 0.3) is 0 Å². The van der Waals surface area contributed by atoms with Gasteiger partial charge in [-0.15, -0.1) is 11.3 Å². The molecule has 1 aromatic heterocycles. The number of amides is 1. The van der Waals surface area contributed by atoms with E-state index in [9.17, 15) is 4.79 Å². The Hall–Kier alpha value is -0.980. The Labute approximate surface area is 106 Å². The number of nitrogens with zero attached hydrogens (tertiary/aromatic N) is 2. The molecule has 6 heteroatoms. The van der Waals surface area contributed by atoms with Crippen LogP contribution in [-0.4, -0.2) is 49.0 Å². The topological polar surface area (TPSA) is 57.3 Å². The second-order valence-corrected chi connectivity index (χ2v) is 5.48. The zero-order chi connectivity index (χ0) is 12.8. The molecule has 0 fully saturated rings. The van der Waals surface area contributed by atoms with Crippen molar-refractivity contribution in [3.63, 3.8) is 0 Å². The maximum absolute atomic E-state index is 11.8. The van der Waals surface area contributed by atoms with Crippen molar-refractivity contribution < 1.29 is 4.79 Å². The third kappa shape index (κ3) is 5.25. The number of likely N-dealkylation sites (N-methyl/N-ethyl adjacent to an activating group) is 1. The van der Waals surface area contributed by atoms with Crippen LogP contribution >= 0.6 is 11.3 Å². The molecule has 0 saturated carbocycles. The van der Waals surface area contributed by atoms with Gasteiger partial charge in [0, 0.05) is 24.2 Å². The first-order chi connectivity index (χ1) is 7.99. The highest BCUT2D eigenvalue weighted by molar-refractivity contribution is 7.15. The first-order valence-electron chi connectivity index (χ1n) is 5.60. The Morgan fingerprint density at radius 3 is 2.82 bits per heavy atom. The SMILES string of the molecule is Cc1cnc(NC(=O)C(C)NCCN(C)C)s1. The number of hydrogen-bond acceptors (Lipinski definition) is 5. The van der Waals surface area contributed by atoms with Gasteiger partial charge < -0.3 is 15.5 Å². The van der Waals surface area contributed by atoms with E-state index in [1.807, 2.05) is 27.9 Å². The number of rotatable bonds is 6. The summed E-state index contributed by atoms with van der Waals surface area (Å²) in [5.41, 5.74) is 0. The van der Waals surface area contributed by atoms with E-state index < -0.39 is 0 Å². The van der Waals surface area contributed by atoms with E-state index in [4.69, 9.17) is 0 Å². The van der Waals surface area contributed by atoms with Gasteiger partial charge in [0.1, 0.15) is 0 Å². The van der Waals surface area contributed by atoms with Gasteiger partial charge in [0.05, 0.1) is 6.04 Å². The first kappa shape index (κ1) is 14.1. The van der Waals surface area contributed by atoms with Gasteiger partial charge in [0.2, 0.25) is 5.91 Å². The Morgan fingerprint density at radius 1 is 1.59 bits per heavy atom. The highest BCUT2D eigenvalue weighted by atomic mass is 32.1. The molecule has 2 N–H and O–H groups in total. The summed E-state index contributed by atoms with van der Waals surface area (Å²) in [6.45, 7) is 5.52. The zero-order valence-corrected chi connectivity index (χ0v) is 11.6. The molecule has 96 valence electrons. The Balaban J connectivity index is 2.32. The molecular weight excluding hydrogens is 236 g/mol. The lowest BCUT2D eigenvalue weighted by Crippen LogP contribution is -2.41. The molecule has 0 saturated heterocycles.